The Morgan fingerprint density at radius 1 is 0.950 bits per heavy atom. The van der Waals surface area contributed by atoms with Crippen molar-refractivity contribution in [1.29, 1.82) is 0 Å². The van der Waals surface area contributed by atoms with Crippen molar-refractivity contribution in [2.75, 3.05) is 10.3 Å². The van der Waals surface area contributed by atoms with Crippen LogP contribution >= 0.6 is 0 Å². The van der Waals surface area contributed by atoms with E-state index in [0.717, 1.165) is 11.1 Å². The topological polar surface area (TPSA) is 243 Å². The van der Waals surface area contributed by atoms with Crippen LogP contribution in [0, 0.1) is 0 Å². The maximum absolute atomic E-state index is 11.7. The van der Waals surface area contributed by atoms with Gasteiger partial charge in [-0.1, -0.05) is 5.21 Å². The number of pyridine rings is 1. The Balaban J connectivity index is 1.69. The SMILES string of the molecule is CC(=O)Nc1cc(/C(N)=C/N(N)c2ccc(C(=O)O)c(O)c2)nc(-c2cn(-c3ccc(C(=O)O)c(O)c3)nn2)c1. The molecule has 2 aromatic carbocycles. The van der Waals surface area contributed by atoms with E-state index >= 15 is 0 Å². The van der Waals surface area contributed by atoms with Crippen molar-refractivity contribution >= 4 is 34.9 Å². The molecule has 0 aliphatic heterocycles. The highest BCUT2D eigenvalue weighted by Gasteiger charge is 2.16. The minimum atomic E-state index is -1.31. The van der Waals surface area contributed by atoms with Gasteiger partial charge in [0.05, 0.1) is 34.7 Å². The van der Waals surface area contributed by atoms with Gasteiger partial charge in [-0.3, -0.25) is 9.80 Å². The van der Waals surface area contributed by atoms with Crippen LogP contribution in [0.2, 0.25) is 0 Å². The van der Waals surface area contributed by atoms with Crippen LogP contribution in [0.3, 0.4) is 0 Å². The number of carboxylic acids is 2. The Hall–Kier alpha value is -5.96. The maximum Gasteiger partial charge on any atom is 0.339 e. The van der Waals surface area contributed by atoms with Gasteiger partial charge in [-0.25, -0.2) is 25.1 Å². The van der Waals surface area contributed by atoms with Gasteiger partial charge in [-0.2, -0.15) is 0 Å². The molecule has 0 radical (unpaired) electrons. The van der Waals surface area contributed by atoms with Crippen molar-refractivity contribution in [2.24, 2.45) is 11.6 Å². The molecule has 4 aromatic rings. The number of phenols is 2. The number of carboxylic acid groups (broad SMARTS) is 2. The Kier molecular flexibility index (Phi) is 7.31. The van der Waals surface area contributed by atoms with E-state index in [4.69, 9.17) is 21.8 Å². The summed E-state index contributed by atoms with van der Waals surface area (Å²) in [6, 6.07) is 10.6. The number of carbonyl (C=O) groups excluding carboxylic acids is 1. The smallest absolute Gasteiger partial charge is 0.339 e. The minimum Gasteiger partial charge on any atom is -0.507 e. The molecule has 0 atom stereocenters. The molecule has 0 bridgehead atoms. The lowest BCUT2D eigenvalue weighted by molar-refractivity contribution is -0.114. The summed E-state index contributed by atoms with van der Waals surface area (Å²) in [5.41, 5.74) is 7.27. The molecular weight excluding hydrogens is 524 g/mol. The number of carbonyl (C=O) groups is 3. The first kappa shape index (κ1) is 27.1. The molecule has 0 spiro atoms. The fraction of sp³-hybridized carbons (Fsp3) is 0.0400. The third kappa shape index (κ3) is 5.79. The highest BCUT2D eigenvalue weighted by molar-refractivity contribution is 5.92. The van der Waals surface area contributed by atoms with Crippen LogP contribution in [0.1, 0.15) is 33.3 Å². The first-order chi connectivity index (χ1) is 18.9. The number of aromatic hydroxyl groups is 2. The van der Waals surface area contributed by atoms with Crippen LogP contribution in [0.5, 0.6) is 11.5 Å². The number of aromatic carboxylic acids is 2. The molecule has 2 heterocycles. The highest BCUT2D eigenvalue weighted by atomic mass is 16.4. The summed E-state index contributed by atoms with van der Waals surface area (Å²) in [6.07, 6.45) is 2.75. The van der Waals surface area contributed by atoms with E-state index in [-0.39, 0.29) is 45.5 Å². The Bertz CT molecular complexity index is 1680. The molecule has 15 heteroatoms. The van der Waals surface area contributed by atoms with E-state index in [9.17, 15) is 24.6 Å². The molecule has 15 nitrogen and oxygen atoms in total. The molecule has 40 heavy (non-hydrogen) atoms. The quantitative estimate of drug-likeness (QED) is 0.123. The molecule has 0 fully saturated rings. The second-order valence-electron chi connectivity index (χ2n) is 8.36. The summed E-state index contributed by atoms with van der Waals surface area (Å²) in [5, 5.41) is 49.9. The molecule has 1 amide bonds. The van der Waals surface area contributed by atoms with Crippen LogP contribution in [0.15, 0.2) is 60.9 Å². The first-order valence-corrected chi connectivity index (χ1v) is 11.3. The van der Waals surface area contributed by atoms with Crippen molar-refractivity contribution in [3.8, 4) is 28.6 Å². The van der Waals surface area contributed by atoms with E-state index in [1.165, 1.54) is 66.5 Å². The summed E-state index contributed by atoms with van der Waals surface area (Å²) < 4.78 is 1.29. The molecule has 4 rings (SSSR count). The minimum absolute atomic E-state index is 0.0410. The zero-order valence-corrected chi connectivity index (χ0v) is 20.7. The summed E-state index contributed by atoms with van der Waals surface area (Å²) in [6.45, 7) is 1.32. The number of nitrogens with two attached hydrogens (primary N) is 2. The number of hydrogen-bond acceptors (Lipinski definition) is 11. The normalized spacial score (nSPS) is 11.2. The van der Waals surface area contributed by atoms with E-state index in [0.29, 0.717) is 11.4 Å². The summed E-state index contributed by atoms with van der Waals surface area (Å²) in [4.78, 5) is 38.5. The number of hydrogen-bond donors (Lipinski definition) is 7. The third-order valence-corrected chi connectivity index (χ3v) is 5.46. The summed E-state index contributed by atoms with van der Waals surface area (Å²) in [5.74, 6) is 2.14. The van der Waals surface area contributed by atoms with Crippen molar-refractivity contribution in [1.82, 2.24) is 20.0 Å². The van der Waals surface area contributed by atoms with E-state index in [1.807, 2.05) is 0 Å². The Morgan fingerprint density at radius 2 is 1.60 bits per heavy atom. The van der Waals surface area contributed by atoms with Crippen molar-refractivity contribution in [3.05, 3.63) is 77.7 Å². The number of rotatable bonds is 8. The zero-order chi connectivity index (χ0) is 29.1. The number of nitrogens with zero attached hydrogens (tertiary/aromatic N) is 5. The van der Waals surface area contributed by atoms with Gasteiger partial charge < -0.3 is 31.5 Å². The Labute approximate surface area is 225 Å². The lowest BCUT2D eigenvalue weighted by atomic mass is 10.1. The maximum atomic E-state index is 11.7. The van der Waals surface area contributed by atoms with Gasteiger partial charge >= 0.3 is 11.9 Å². The lowest BCUT2D eigenvalue weighted by Crippen LogP contribution is -2.26. The molecule has 2 aromatic heterocycles. The molecule has 0 unspecified atom stereocenters. The predicted octanol–water partition coefficient (Wildman–Crippen LogP) is 1.73. The number of amides is 1. The van der Waals surface area contributed by atoms with Crippen LogP contribution in [0.4, 0.5) is 11.4 Å². The highest BCUT2D eigenvalue weighted by Crippen LogP contribution is 2.27. The molecule has 204 valence electrons. The van der Waals surface area contributed by atoms with Crippen molar-refractivity contribution in [3.63, 3.8) is 0 Å². The van der Waals surface area contributed by atoms with E-state index in [1.54, 1.807) is 0 Å². The third-order valence-electron chi connectivity index (χ3n) is 5.46. The number of nitrogens with one attached hydrogen (secondary N) is 1. The first-order valence-electron chi connectivity index (χ1n) is 11.3. The summed E-state index contributed by atoms with van der Waals surface area (Å²) >= 11 is 0. The molecule has 0 aliphatic rings. The number of anilines is 2. The van der Waals surface area contributed by atoms with Crippen LogP contribution in [-0.4, -0.2) is 58.2 Å². The molecule has 0 saturated heterocycles. The average molecular weight is 547 g/mol. The summed E-state index contributed by atoms with van der Waals surface area (Å²) in [7, 11) is 0. The lowest BCUT2D eigenvalue weighted by Gasteiger charge is -2.16. The van der Waals surface area contributed by atoms with Crippen LogP contribution in [0.25, 0.3) is 22.8 Å². The van der Waals surface area contributed by atoms with Gasteiger partial charge in [0.15, 0.2) is 0 Å². The molecular formula is C25H22N8O7. The van der Waals surface area contributed by atoms with Crippen molar-refractivity contribution in [2.45, 2.75) is 6.92 Å². The second-order valence-corrected chi connectivity index (χ2v) is 8.36. The zero-order valence-electron chi connectivity index (χ0n) is 20.7. The van der Waals surface area contributed by atoms with E-state index in [2.05, 4.69) is 20.6 Å². The Morgan fingerprint density at radius 3 is 2.20 bits per heavy atom. The average Bonchev–Trinajstić information content (AvgIpc) is 3.38. The molecule has 9 N–H and O–H groups in total. The van der Waals surface area contributed by atoms with Gasteiger partial charge in [0.25, 0.3) is 0 Å². The largest absolute Gasteiger partial charge is 0.507 e. The van der Waals surface area contributed by atoms with Crippen LogP contribution in [-0.2, 0) is 4.79 Å². The predicted molar refractivity (Wildman–Crippen MR) is 141 cm³/mol. The van der Waals surface area contributed by atoms with Gasteiger partial charge in [-0.15, -0.1) is 5.10 Å². The molecule has 0 saturated carbocycles. The van der Waals surface area contributed by atoms with Crippen LogP contribution < -0.4 is 21.9 Å². The fourth-order valence-corrected chi connectivity index (χ4v) is 3.59. The van der Waals surface area contributed by atoms with Gasteiger partial charge in [-0.05, 0) is 36.4 Å². The van der Waals surface area contributed by atoms with Crippen molar-refractivity contribution < 1.29 is 34.8 Å². The second kappa shape index (κ2) is 10.8. The number of aromatic nitrogens is 4. The van der Waals surface area contributed by atoms with Gasteiger partial charge in [0.1, 0.15) is 28.3 Å². The monoisotopic (exact) mass is 546 g/mol. The fourth-order valence-electron chi connectivity index (χ4n) is 3.59. The number of benzene rings is 2. The van der Waals surface area contributed by atoms with Gasteiger partial charge in [0.2, 0.25) is 5.91 Å². The number of hydrazine groups is 1. The molecule has 0 aliphatic carbocycles. The van der Waals surface area contributed by atoms with Gasteiger partial charge in [0, 0.05) is 30.9 Å². The standard InChI is InChI=1S/C25H22N8O7/c1-12(34)28-13-6-19(18(26)10-32(27)14-2-4-16(24(37)38)22(35)8-14)29-20(7-13)21-11-33(31-30-21)15-3-5-17(25(39)40)23(36)9-15/h2-11,35-36H,26-27H2,1H3,(H,37,38)(H,39,40)(H,28,29,34)/b18-10-. The van der Waals surface area contributed by atoms with E-state index < -0.39 is 23.4 Å².